The lowest BCUT2D eigenvalue weighted by molar-refractivity contribution is 0.108. The fraction of sp³-hybridized carbons (Fsp3) is 0. The molecule has 0 radical (unpaired) electrons. The van der Waals surface area contributed by atoms with E-state index in [-0.39, 0.29) is 10.2 Å². The molecule has 3 nitrogen and oxygen atoms in total. The SMILES string of the molecule is N#Cc1ccc(C(=O)Cl)c(=S)[nH]1. The maximum absolute atomic E-state index is 10.7. The lowest BCUT2D eigenvalue weighted by Crippen LogP contribution is -1.93. The molecule has 0 aromatic carbocycles. The zero-order valence-electron chi connectivity index (χ0n) is 5.80. The molecule has 1 N–H and O–H groups in total. The number of hydrogen-bond donors (Lipinski definition) is 1. The first-order chi connectivity index (χ1) is 5.65. The first-order valence-corrected chi connectivity index (χ1v) is 3.77. The van der Waals surface area contributed by atoms with Crippen LogP contribution in [0.1, 0.15) is 16.1 Å². The van der Waals surface area contributed by atoms with Crippen LogP contribution in [0.2, 0.25) is 0 Å². The van der Waals surface area contributed by atoms with Gasteiger partial charge in [-0.15, -0.1) is 0 Å². The molecule has 1 rings (SSSR count). The van der Waals surface area contributed by atoms with Crippen LogP contribution >= 0.6 is 23.8 Å². The van der Waals surface area contributed by atoms with E-state index in [0.29, 0.717) is 5.69 Å². The number of carbonyl (C=O) groups excluding carboxylic acids is 1. The van der Waals surface area contributed by atoms with E-state index in [1.807, 2.05) is 6.07 Å². The highest BCUT2D eigenvalue weighted by Gasteiger charge is 2.03. The highest BCUT2D eigenvalue weighted by molar-refractivity contribution is 7.71. The van der Waals surface area contributed by atoms with Gasteiger partial charge in [0, 0.05) is 0 Å². The molecule has 0 spiro atoms. The van der Waals surface area contributed by atoms with Gasteiger partial charge in [-0.1, -0.05) is 12.2 Å². The summed E-state index contributed by atoms with van der Waals surface area (Å²) in [6.07, 6.45) is 0. The smallest absolute Gasteiger partial charge is 0.255 e. The van der Waals surface area contributed by atoms with Gasteiger partial charge in [0.1, 0.15) is 16.4 Å². The van der Waals surface area contributed by atoms with E-state index in [1.165, 1.54) is 12.1 Å². The zero-order chi connectivity index (χ0) is 9.14. The molecule has 0 saturated heterocycles. The number of aromatic amines is 1. The Bertz CT molecular complexity index is 418. The van der Waals surface area contributed by atoms with Gasteiger partial charge >= 0.3 is 0 Å². The molecular weight excluding hydrogens is 196 g/mol. The normalized spacial score (nSPS) is 9.00. The maximum Gasteiger partial charge on any atom is 0.255 e. The highest BCUT2D eigenvalue weighted by atomic mass is 35.5. The van der Waals surface area contributed by atoms with Gasteiger partial charge in [0.15, 0.2) is 0 Å². The zero-order valence-corrected chi connectivity index (χ0v) is 7.37. The van der Waals surface area contributed by atoms with E-state index < -0.39 is 5.24 Å². The number of pyridine rings is 1. The van der Waals surface area contributed by atoms with E-state index in [9.17, 15) is 4.79 Å². The minimum atomic E-state index is -0.624. The van der Waals surface area contributed by atoms with E-state index in [0.717, 1.165) is 0 Å². The lowest BCUT2D eigenvalue weighted by Gasteiger charge is -1.93. The first kappa shape index (κ1) is 8.91. The predicted molar refractivity (Wildman–Crippen MR) is 46.5 cm³/mol. The number of halogens is 1. The minimum absolute atomic E-state index is 0.189. The van der Waals surface area contributed by atoms with Gasteiger partial charge in [0.05, 0.1) is 5.56 Å². The van der Waals surface area contributed by atoms with Crippen LogP contribution in [0.25, 0.3) is 0 Å². The van der Waals surface area contributed by atoms with E-state index in [1.54, 1.807) is 0 Å². The Kier molecular flexibility index (Phi) is 2.58. The van der Waals surface area contributed by atoms with Crippen LogP contribution < -0.4 is 0 Å². The Morgan fingerprint density at radius 2 is 2.33 bits per heavy atom. The number of nitrogens with one attached hydrogen (secondary N) is 1. The van der Waals surface area contributed by atoms with Crippen molar-refractivity contribution in [2.24, 2.45) is 0 Å². The van der Waals surface area contributed by atoms with E-state index >= 15 is 0 Å². The summed E-state index contributed by atoms with van der Waals surface area (Å²) in [4.78, 5) is 13.2. The summed E-state index contributed by atoms with van der Waals surface area (Å²) in [5, 5.41) is 7.82. The topological polar surface area (TPSA) is 56.6 Å². The molecule has 0 unspecified atom stereocenters. The second-order valence-corrected chi connectivity index (χ2v) is 2.75. The third kappa shape index (κ3) is 1.70. The second kappa shape index (κ2) is 3.48. The van der Waals surface area contributed by atoms with Gasteiger partial charge in [-0.2, -0.15) is 5.26 Å². The van der Waals surface area contributed by atoms with Gasteiger partial charge < -0.3 is 4.98 Å². The van der Waals surface area contributed by atoms with Crippen LogP contribution in [0.15, 0.2) is 12.1 Å². The van der Waals surface area contributed by atoms with Crippen molar-refractivity contribution in [1.29, 1.82) is 5.26 Å². The largest absolute Gasteiger partial charge is 0.337 e. The Labute approximate surface area is 78.6 Å². The summed E-state index contributed by atoms with van der Waals surface area (Å²) >= 11 is 9.97. The Hall–Kier alpha value is -1.18. The van der Waals surface area contributed by atoms with Crippen LogP contribution in [-0.4, -0.2) is 10.2 Å². The molecule has 0 fully saturated rings. The third-order valence-corrected chi connectivity index (χ3v) is 1.77. The number of aromatic nitrogens is 1. The number of nitrogens with zero attached hydrogens (tertiary/aromatic N) is 1. The second-order valence-electron chi connectivity index (χ2n) is 2.00. The first-order valence-electron chi connectivity index (χ1n) is 2.98. The van der Waals surface area contributed by atoms with Crippen molar-refractivity contribution >= 4 is 29.1 Å². The van der Waals surface area contributed by atoms with Crippen molar-refractivity contribution < 1.29 is 4.79 Å². The average molecular weight is 199 g/mol. The van der Waals surface area contributed by atoms with Crippen LogP contribution in [0.3, 0.4) is 0 Å². The summed E-state index contributed by atoms with van der Waals surface area (Å²) < 4.78 is 0.189. The Balaban J connectivity index is 3.33. The molecule has 1 aromatic rings. The molecule has 0 aliphatic rings. The minimum Gasteiger partial charge on any atom is -0.337 e. The molecule has 12 heavy (non-hydrogen) atoms. The Morgan fingerprint density at radius 3 is 2.75 bits per heavy atom. The quantitative estimate of drug-likeness (QED) is 0.555. The summed E-state index contributed by atoms with van der Waals surface area (Å²) in [5.41, 5.74) is 0.521. The van der Waals surface area contributed by atoms with Crippen LogP contribution in [0.4, 0.5) is 0 Å². The number of nitriles is 1. The van der Waals surface area contributed by atoms with Crippen LogP contribution in [0.5, 0.6) is 0 Å². The molecule has 5 heteroatoms. The lowest BCUT2D eigenvalue weighted by atomic mass is 10.3. The van der Waals surface area contributed by atoms with Crippen LogP contribution in [0, 0.1) is 16.0 Å². The van der Waals surface area contributed by atoms with Crippen molar-refractivity contribution in [2.45, 2.75) is 0 Å². The molecule has 0 amide bonds. The maximum atomic E-state index is 10.7. The van der Waals surface area contributed by atoms with Crippen molar-refractivity contribution in [3.8, 4) is 6.07 Å². The Morgan fingerprint density at radius 1 is 1.67 bits per heavy atom. The molecule has 60 valence electrons. The third-order valence-electron chi connectivity index (χ3n) is 1.24. The molecule has 0 aliphatic heterocycles. The number of hydrogen-bond acceptors (Lipinski definition) is 3. The van der Waals surface area contributed by atoms with E-state index in [2.05, 4.69) is 4.98 Å². The van der Waals surface area contributed by atoms with Crippen molar-refractivity contribution in [1.82, 2.24) is 4.98 Å². The van der Waals surface area contributed by atoms with Gasteiger partial charge in [0.25, 0.3) is 5.24 Å². The molecule has 0 saturated carbocycles. The highest BCUT2D eigenvalue weighted by Crippen LogP contribution is 2.05. The fourth-order valence-corrected chi connectivity index (χ4v) is 1.18. The van der Waals surface area contributed by atoms with Gasteiger partial charge in [0.2, 0.25) is 0 Å². The summed E-state index contributed by atoms with van der Waals surface area (Å²) in [6, 6.07) is 4.73. The van der Waals surface area contributed by atoms with Gasteiger partial charge in [-0.3, -0.25) is 4.79 Å². The van der Waals surface area contributed by atoms with E-state index in [4.69, 9.17) is 29.1 Å². The van der Waals surface area contributed by atoms with Crippen LogP contribution in [-0.2, 0) is 0 Å². The molecule has 0 atom stereocenters. The number of rotatable bonds is 1. The van der Waals surface area contributed by atoms with Gasteiger partial charge in [-0.05, 0) is 23.7 Å². The van der Waals surface area contributed by atoms with Crippen molar-refractivity contribution in [3.05, 3.63) is 28.0 Å². The number of H-pyrrole nitrogens is 1. The van der Waals surface area contributed by atoms with Crippen molar-refractivity contribution in [2.75, 3.05) is 0 Å². The molecular formula is C7H3ClN2OS. The average Bonchev–Trinajstić information content (AvgIpc) is 2.03. The molecule has 0 aliphatic carbocycles. The summed E-state index contributed by atoms with van der Waals surface area (Å²) in [6.45, 7) is 0. The predicted octanol–water partition coefficient (Wildman–Crippen LogP) is 1.99. The molecule has 1 aromatic heterocycles. The fourth-order valence-electron chi connectivity index (χ4n) is 0.694. The standard InChI is InChI=1S/C7H3ClN2OS/c8-6(11)5-2-1-4(3-9)10-7(5)12/h1-2H,(H,10,12). The monoisotopic (exact) mass is 198 g/mol. The molecule has 1 heterocycles. The van der Waals surface area contributed by atoms with Crippen molar-refractivity contribution in [3.63, 3.8) is 0 Å². The summed E-state index contributed by atoms with van der Waals surface area (Å²) in [5.74, 6) is 0. The molecule has 0 bridgehead atoms. The summed E-state index contributed by atoms with van der Waals surface area (Å²) in [7, 11) is 0. The van der Waals surface area contributed by atoms with Gasteiger partial charge in [-0.25, -0.2) is 0 Å². The number of carbonyl (C=O) groups is 1.